The molecule has 0 N–H and O–H groups in total. The van der Waals surface area contributed by atoms with E-state index in [-0.39, 0.29) is 0 Å². The van der Waals surface area contributed by atoms with Gasteiger partial charge in [0, 0.05) is 38.2 Å². The fraction of sp³-hybridized carbons (Fsp3) is 0.700. The first-order valence-corrected chi connectivity index (χ1v) is 23.8. The van der Waals surface area contributed by atoms with Crippen molar-refractivity contribution in [3.05, 3.63) is 35.5 Å². The smallest absolute Gasteiger partial charge is 0.0493 e. The Morgan fingerprint density at radius 3 is 1.29 bits per heavy atom. The van der Waals surface area contributed by atoms with Crippen molar-refractivity contribution in [2.24, 2.45) is 0 Å². The average Bonchev–Trinajstić information content (AvgIpc) is 2.20. The highest BCUT2D eigenvalue weighted by molar-refractivity contribution is 6.98. The van der Waals surface area contributed by atoms with Crippen molar-refractivity contribution in [1.82, 2.24) is 0 Å². The lowest BCUT2D eigenvalue weighted by atomic mass is 10.0. The maximum absolute atomic E-state index is 3.57. The van der Waals surface area contributed by atoms with Crippen LogP contribution in [0.1, 0.15) is 0 Å². The summed E-state index contributed by atoms with van der Waals surface area (Å²) in [5.74, 6) is 1.60. The molecule has 0 atom stereocenters. The van der Waals surface area contributed by atoms with Crippen LogP contribution in [0, 0.1) is 5.92 Å². The van der Waals surface area contributed by atoms with E-state index in [1.54, 1.807) is 11.5 Å². The van der Waals surface area contributed by atoms with Crippen LogP contribution in [0.3, 0.4) is 0 Å². The predicted octanol–water partition coefficient (Wildman–Crippen LogP) is 7.38. The fourth-order valence-corrected chi connectivity index (χ4v) is 30.9. The standard InChI is InChI=1S/C20H41Si4/c1-21(2,3)19(22(4,5)6)17-14-13-15-18(16-17)20(23(7,8)9)24(10,11)12/h14-16,19-20H,1-12H3. The minimum atomic E-state index is -1.25. The summed E-state index contributed by atoms with van der Waals surface area (Å²) in [5.41, 5.74) is 5.17. The second-order valence-electron chi connectivity index (χ2n) is 11.9. The molecule has 0 aromatic heterocycles. The van der Waals surface area contributed by atoms with Crippen molar-refractivity contribution in [1.29, 1.82) is 0 Å². The molecule has 0 unspecified atom stereocenters. The van der Waals surface area contributed by atoms with Gasteiger partial charge in [0.25, 0.3) is 0 Å². The Labute approximate surface area is 156 Å². The van der Waals surface area contributed by atoms with Crippen molar-refractivity contribution in [3.8, 4) is 0 Å². The van der Waals surface area contributed by atoms with Crippen LogP contribution >= 0.6 is 0 Å². The summed E-state index contributed by atoms with van der Waals surface area (Å²) in [7, 11) is -4.99. The first-order chi connectivity index (χ1) is 10.5. The van der Waals surface area contributed by atoms with E-state index >= 15 is 0 Å². The van der Waals surface area contributed by atoms with Crippen LogP contribution in [-0.2, 0) is 0 Å². The first-order valence-electron chi connectivity index (χ1n) is 9.46. The van der Waals surface area contributed by atoms with E-state index in [1.165, 1.54) is 0 Å². The predicted molar refractivity (Wildman–Crippen MR) is 125 cm³/mol. The minimum absolute atomic E-state index is 0.810. The Hall–Kier alpha value is 0.128. The summed E-state index contributed by atoms with van der Waals surface area (Å²) in [5, 5.41) is 1.62. The second-order valence-corrected chi connectivity index (χ2v) is 34.3. The van der Waals surface area contributed by atoms with Crippen LogP contribution in [0.25, 0.3) is 0 Å². The molecule has 1 aliphatic carbocycles. The van der Waals surface area contributed by atoms with Crippen LogP contribution in [-0.4, -0.2) is 32.3 Å². The Balaban J connectivity index is 3.40. The topological polar surface area (TPSA) is 0 Å². The Morgan fingerprint density at radius 1 is 0.583 bits per heavy atom. The average molecular weight is 394 g/mol. The first kappa shape index (κ1) is 22.2. The molecule has 0 aromatic carbocycles. The lowest BCUT2D eigenvalue weighted by molar-refractivity contribution is 1.09. The molecule has 0 aromatic rings. The summed E-state index contributed by atoms with van der Waals surface area (Å²) in [4.78, 5) is 0. The van der Waals surface area contributed by atoms with Gasteiger partial charge in [-0.3, -0.25) is 0 Å². The molecule has 0 fully saturated rings. The largest absolute Gasteiger partial charge is 0.124 e. The molecular weight excluding hydrogens is 353 g/mol. The van der Waals surface area contributed by atoms with Gasteiger partial charge in [-0.25, -0.2) is 0 Å². The number of allylic oxidation sites excluding steroid dienone is 3. The third kappa shape index (κ3) is 5.57. The number of hydrogen-bond acceptors (Lipinski definition) is 0. The molecule has 0 aliphatic heterocycles. The zero-order valence-corrected chi connectivity index (χ0v) is 22.4. The molecule has 0 saturated carbocycles. The van der Waals surface area contributed by atoms with Gasteiger partial charge in [-0.2, -0.15) is 0 Å². The molecule has 24 heavy (non-hydrogen) atoms. The zero-order valence-electron chi connectivity index (χ0n) is 18.4. The van der Waals surface area contributed by atoms with E-state index in [4.69, 9.17) is 0 Å². The summed E-state index contributed by atoms with van der Waals surface area (Å²) < 4.78 is 0. The van der Waals surface area contributed by atoms with Crippen LogP contribution in [0.4, 0.5) is 0 Å². The van der Waals surface area contributed by atoms with Crippen LogP contribution < -0.4 is 0 Å². The Morgan fingerprint density at radius 2 is 0.958 bits per heavy atom. The highest BCUT2D eigenvalue weighted by Crippen LogP contribution is 2.46. The SMILES string of the molecule is C[Si](C)(C)C([C]1C=C=CC(C([Si](C)(C)C)[Si](C)(C)C)=C1)[Si](C)(C)C. The third-order valence-corrected chi connectivity index (χ3v) is 23.6. The molecule has 1 aliphatic rings. The van der Waals surface area contributed by atoms with Crippen molar-refractivity contribution >= 4 is 32.3 Å². The molecule has 0 nitrogen and oxygen atoms in total. The van der Waals surface area contributed by atoms with Crippen molar-refractivity contribution in [2.45, 2.75) is 88.9 Å². The third-order valence-electron chi connectivity index (χ3n) is 4.96. The van der Waals surface area contributed by atoms with Gasteiger partial charge in [0.1, 0.15) is 0 Å². The van der Waals surface area contributed by atoms with Gasteiger partial charge in [0.05, 0.1) is 0 Å². The van der Waals surface area contributed by atoms with Crippen LogP contribution in [0.2, 0.25) is 88.9 Å². The molecule has 1 radical (unpaired) electrons. The molecule has 0 saturated heterocycles. The maximum atomic E-state index is 3.57. The second kappa shape index (κ2) is 7.03. The lowest BCUT2D eigenvalue weighted by Crippen LogP contribution is -2.47. The van der Waals surface area contributed by atoms with Gasteiger partial charge in [0.2, 0.25) is 0 Å². The van der Waals surface area contributed by atoms with Gasteiger partial charge < -0.3 is 0 Å². The van der Waals surface area contributed by atoms with E-state index < -0.39 is 32.3 Å². The molecule has 4 heteroatoms. The molecular formula is C20H41Si4. The Bertz CT molecular complexity index is 510. The molecule has 1 rings (SSSR count). The summed E-state index contributed by atoms with van der Waals surface area (Å²) in [6.07, 6.45) is 7.24. The van der Waals surface area contributed by atoms with Gasteiger partial charge in [-0.15, -0.1) is 5.73 Å². The highest BCUT2D eigenvalue weighted by atomic mass is 28.4. The van der Waals surface area contributed by atoms with Crippen molar-refractivity contribution in [2.75, 3.05) is 0 Å². The van der Waals surface area contributed by atoms with E-state index in [0.717, 1.165) is 10.3 Å². The van der Waals surface area contributed by atoms with E-state index in [1.807, 2.05) is 0 Å². The minimum Gasteiger partial charge on any atom is -0.124 e. The number of hydrogen-bond donors (Lipinski definition) is 0. The van der Waals surface area contributed by atoms with Gasteiger partial charge >= 0.3 is 0 Å². The highest BCUT2D eigenvalue weighted by Gasteiger charge is 2.44. The van der Waals surface area contributed by atoms with Gasteiger partial charge in [-0.1, -0.05) is 84.6 Å². The normalized spacial score (nSPS) is 17.8. The zero-order chi connectivity index (χ0) is 19.1. The lowest BCUT2D eigenvalue weighted by Gasteiger charge is -2.44. The summed E-state index contributed by atoms with van der Waals surface area (Å²) in [6, 6.07) is 0. The molecule has 0 spiro atoms. The number of rotatable bonds is 6. The van der Waals surface area contributed by atoms with Crippen LogP contribution in [0.15, 0.2) is 29.5 Å². The van der Waals surface area contributed by atoms with E-state index in [9.17, 15) is 0 Å². The molecule has 0 bridgehead atoms. The van der Waals surface area contributed by atoms with Crippen molar-refractivity contribution in [3.63, 3.8) is 0 Å². The quantitative estimate of drug-likeness (QED) is 0.326. The molecule has 0 amide bonds. The Kier molecular flexibility index (Phi) is 6.50. The molecule has 137 valence electrons. The van der Waals surface area contributed by atoms with E-state index in [2.05, 4.69) is 103 Å². The summed E-state index contributed by atoms with van der Waals surface area (Å²) >= 11 is 0. The van der Waals surface area contributed by atoms with E-state index in [0.29, 0.717) is 0 Å². The van der Waals surface area contributed by atoms with Gasteiger partial charge in [0.15, 0.2) is 0 Å². The van der Waals surface area contributed by atoms with Crippen molar-refractivity contribution < 1.29 is 0 Å². The monoisotopic (exact) mass is 393 g/mol. The fourth-order valence-electron chi connectivity index (χ4n) is 5.44. The molecule has 0 heterocycles. The van der Waals surface area contributed by atoms with Gasteiger partial charge in [-0.05, 0) is 28.1 Å². The summed E-state index contributed by atoms with van der Waals surface area (Å²) in [6.45, 7) is 30.6. The van der Waals surface area contributed by atoms with Crippen LogP contribution in [0.5, 0.6) is 0 Å². The maximum Gasteiger partial charge on any atom is 0.0493 e.